The van der Waals surface area contributed by atoms with Gasteiger partial charge >= 0.3 is 0 Å². The number of aliphatic hydroxyl groups excluding tert-OH is 1. The predicted octanol–water partition coefficient (Wildman–Crippen LogP) is 1.78. The van der Waals surface area contributed by atoms with E-state index in [0.717, 1.165) is 43.0 Å². The Morgan fingerprint density at radius 3 is 3.00 bits per heavy atom. The summed E-state index contributed by atoms with van der Waals surface area (Å²) in [7, 11) is 0. The number of rotatable bonds is 2. The maximum absolute atomic E-state index is 9.28. The first-order valence-electron chi connectivity index (χ1n) is 6.40. The molecule has 96 valence electrons. The Labute approximate surface area is 108 Å². The summed E-state index contributed by atoms with van der Waals surface area (Å²) >= 11 is 0. The summed E-state index contributed by atoms with van der Waals surface area (Å²) in [6, 6.07) is 4.19. The van der Waals surface area contributed by atoms with Crippen LogP contribution in [0.15, 0.2) is 6.07 Å². The summed E-state index contributed by atoms with van der Waals surface area (Å²) in [6.45, 7) is 5.82. The van der Waals surface area contributed by atoms with Crippen molar-refractivity contribution in [1.29, 1.82) is 5.26 Å². The zero-order valence-corrected chi connectivity index (χ0v) is 11.0. The number of pyridine rings is 1. The van der Waals surface area contributed by atoms with E-state index in [0.29, 0.717) is 11.5 Å². The van der Waals surface area contributed by atoms with Gasteiger partial charge in [-0.1, -0.05) is 0 Å². The van der Waals surface area contributed by atoms with Crippen molar-refractivity contribution in [3.8, 4) is 6.07 Å². The Hall–Kier alpha value is -1.60. The third-order valence-electron chi connectivity index (χ3n) is 3.51. The van der Waals surface area contributed by atoms with Crippen molar-refractivity contribution in [2.45, 2.75) is 26.7 Å². The minimum Gasteiger partial charge on any atom is -0.396 e. The largest absolute Gasteiger partial charge is 0.396 e. The van der Waals surface area contributed by atoms with Crippen molar-refractivity contribution in [2.75, 3.05) is 24.6 Å². The standard InChI is InChI=1S/C14H19N3O/c1-10-6-11(2)16-14(13(10)7-15)17-5-3-4-12(8-17)9-18/h6,12,18H,3-5,8-9H2,1-2H3. The SMILES string of the molecule is Cc1cc(C)c(C#N)c(N2CCCC(CO)C2)n1. The van der Waals surface area contributed by atoms with Gasteiger partial charge in [0.2, 0.25) is 0 Å². The fourth-order valence-corrected chi connectivity index (χ4v) is 2.59. The van der Waals surface area contributed by atoms with Crippen LogP contribution in [0, 0.1) is 31.1 Å². The van der Waals surface area contributed by atoms with Crippen molar-refractivity contribution >= 4 is 5.82 Å². The van der Waals surface area contributed by atoms with Crippen LogP contribution in [0.3, 0.4) is 0 Å². The van der Waals surface area contributed by atoms with E-state index in [1.54, 1.807) is 0 Å². The fraction of sp³-hybridized carbons (Fsp3) is 0.571. The highest BCUT2D eigenvalue weighted by Crippen LogP contribution is 2.26. The molecule has 0 amide bonds. The number of anilines is 1. The highest BCUT2D eigenvalue weighted by molar-refractivity contribution is 5.58. The van der Waals surface area contributed by atoms with Gasteiger partial charge < -0.3 is 10.0 Å². The number of aryl methyl sites for hydroxylation is 2. The van der Waals surface area contributed by atoms with Crippen molar-refractivity contribution in [3.05, 3.63) is 22.9 Å². The summed E-state index contributed by atoms with van der Waals surface area (Å²) in [4.78, 5) is 6.66. The highest BCUT2D eigenvalue weighted by Gasteiger charge is 2.23. The third-order valence-corrected chi connectivity index (χ3v) is 3.51. The number of aromatic nitrogens is 1. The molecule has 1 aromatic heterocycles. The van der Waals surface area contributed by atoms with Crippen molar-refractivity contribution < 1.29 is 5.11 Å². The van der Waals surface area contributed by atoms with Crippen LogP contribution in [-0.4, -0.2) is 29.8 Å². The van der Waals surface area contributed by atoms with E-state index >= 15 is 0 Å². The number of hydrogen-bond donors (Lipinski definition) is 1. The molecular weight excluding hydrogens is 226 g/mol. The first kappa shape index (κ1) is 12.8. The van der Waals surface area contributed by atoms with Gasteiger partial charge in [0.25, 0.3) is 0 Å². The third kappa shape index (κ3) is 2.46. The lowest BCUT2D eigenvalue weighted by molar-refractivity contribution is 0.208. The number of nitriles is 1. The number of piperidine rings is 1. The van der Waals surface area contributed by atoms with Crippen molar-refractivity contribution in [1.82, 2.24) is 4.98 Å². The molecular formula is C14H19N3O. The van der Waals surface area contributed by atoms with Crippen molar-refractivity contribution in [3.63, 3.8) is 0 Å². The Kier molecular flexibility index (Phi) is 3.83. The quantitative estimate of drug-likeness (QED) is 0.862. The summed E-state index contributed by atoms with van der Waals surface area (Å²) in [5.41, 5.74) is 2.58. The maximum Gasteiger partial charge on any atom is 0.147 e. The normalized spacial score (nSPS) is 19.7. The Bertz CT molecular complexity index is 479. The summed E-state index contributed by atoms with van der Waals surface area (Å²) in [6.07, 6.45) is 2.10. The molecule has 2 rings (SSSR count). The lowest BCUT2D eigenvalue weighted by Gasteiger charge is -2.33. The lowest BCUT2D eigenvalue weighted by Crippen LogP contribution is -2.38. The topological polar surface area (TPSA) is 60.2 Å². The van der Waals surface area contributed by atoms with E-state index in [-0.39, 0.29) is 6.61 Å². The monoisotopic (exact) mass is 245 g/mol. The van der Waals surface area contributed by atoms with Gasteiger partial charge in [-0.3, -0.25) is 0 Å². The first-order valence-corrected chi connectivity index (χ1v) is 6.40. The zero-order chi connectivity index (χ0) is 13.1. The predicted molar refractivity (Wildman–Crippen MR) is 70.4 cm³/mol. The minimum absolute atomic E-state index is 0.211. The van der Waals surface area contributed by atoms with E-state index in [9.17, 15) is 10.4 Å². The smallest absolute Gasteiger partial charge is 0.147 e. The van der Waals surface area contributed by atoms with Gasteiger partial charge in [-0.25, -0.2) is 4.98 Å². The molecule has 4 nitrogen and oxygen atoms in total. The van der Waals surface area contributed by atoms with Gasteiger partial charge in [0.15, 0.2) is 0 Å². The van der Waals surface area contributed by atoms with Gasteiger partial charge in [-0.15, -0.1) is 0 Å². The zero-order valence-electron chi connectivity index (χ0n) is 11.0. The molecule has 0 radical (unpaired) electrons. The van der Waals surface area contributed by atoms with Gasteiger partial charge in [0, 0.05) is 25.4 Å². The van der Waals surface area contributed by atoms with Gasteiger partial charge in [-0.05, 0) is 44.2 Å². The van der Waals surface area contributed by atoms with E-state index in [4.69, 9.17) is 0 Å². The van der Waals surface area contributed by atoms with Crippen LogP contribution in [0.1, 0.15) is 29.7 Å². The molecule has 1 N–H and O–H groups in total. The lowest BCUT2D eigenvalue weighted by atomic mass is 9.98. The maximum atomic E-state index is 9.28. The van der Waals surface area contributed by atoms with Gasteiger partial charge in [-0.2, -0.15) is 5.26 Å². The second-order valence-electron chi connectivity index (χ2n) is 5.03. The van der Waals surface area contributed by atoms with Crippen LogP contribution in [0.2, 0.25) is 0 Å². The molecule has 4 heteroatoms. The van der Waals surface area contributed by atoms with E-state index in [1.165, 1.54) is 0 Å². The van der Waals surface area contributed by atoms with Crippen LogP contribution in [0.5, 0.6) is 0 Å². The van der Waals surface area contributed by atoms with Gasteiger partial charge in [0.05, 0.1) is 5.56 Å². The molecule has 1 unspecified atom stereocenters. The second-order valence-corrected chi connectivity index (χ2v) is 5.03. The Balaban J connectivity index is 2.35. The summed E-state index contributed by atoms with van der Waals surface area (Å²) in [5, 5.41) is 18.6. The minimum atomic E-state index is 0.211. The Morgan fingerprint density at radius 2 is 2.33 bits per heavy atom. The molecule has 1 atom stereocenters. The second kappa shape index (κ2) is 5.36. The Morgan fingerprint density at radius 1 is 1.56 bits per heavy atom. The van der Waals surface area contributed by atoms with E-state index in [2.05, 4.69) is 16.0 Å². The molecule has 1 fully saturated rings. The molecule has 0 saturated carbocycles. The number of nitrogens with zero attached hydrogens (tertiary/aromatic N) is 3. The molecule has 1 aromatic rings. The van der Waals surface area contributed by atoms with E-state index in [1.807, 2.05) is 19.9 Å². The molecule has 1 aliphatic heterocycles. The molecule has 2 heterocycles. The van der Waals surface area contributed by atoms with Crippen LogP contribution in [0.25, 0.3) is 0 Å². The highest BCUT2D eigenvalue weighted by atomic mass is 16.3. The summed E-state index contributed by atoms with van der Waals surface area (Å²) < 4.78 is 0. The molecule has 1 aliphatic rings. The molecule has 0 aromatic carbocycles. The molecule has 0 spiro atoms. The van der Waals surface area contributed by atoms with Crippen molar-refractivity contribution in [2.24, 2.45) is 5.92 Å². The van der Waals surface area contributed by atoms with E-state index < -0.39 is 0 Å². The average molecular weight is 245 g/mol. The average Bonchev–Trinajstić information content (AvgIpc) is 2.38. The van der Waals surface area contributed by atoms with Crippen LogP contribution < -0.4 is 4.90 Å². The van der Waals surface area contributed by atoms with Gasteiger partial charge in [0.1, 0.15) is 11.9 Å². The molecule has 0 aliphatic carbocycles. The number of hydrogen-bond acceptors (Lipinski definition) is 4. The molecule has 1 saturated heterocycles. The first-order chi connectivity index (χ1) is 8.65. The van der Waals surface area contributed by atoms with Crippen LogP contribution >= 0.6 is 0 Å². The molecule has 18 heavy (non-hydrogen) atoms. The summed E-state index contributed by atoms with van der Waals surface area (Å²) in [5.74, 6) is 1.08. The molecule has 0 bridgehead atoms. The number of aliphatic hydroxyl groups is 1. The van der Waals surface area contributed by atoms with Crippen LogP contribution in [-0.2, 0) is 0 Å². The fourth-order valence-electron chi connectivity index (χ4n) is 2.59. The van der Waals surface area contributed by atoms with Crippen LogP contribution in [0.4, 0.5) is 5.82 Å².